The summed E-state index contributed by atoms with van der Waals surface area (Å²) >= 11 is 0. The van der Waals surface area contributed by atoms with Crippen molar-refractivity contribution in [3.05, 3.63) is 59.2 Å². The molecule has 8 heteroatoms. The van der Waals surface area contributed by atoms with E-state index in [4.69, 9.17) is 0 Å². The largest absolute Gasteiger partial charge is 0.355 e. The third kappa shape index (κ3) is 4.09. The fourth-order valence-corrected chi connectivity index (χ4v) is 3.19. The molecular weight excluding hydrogens is 354 g/mol. The number of hydrogen-bond donors (Lipinski definition) is 2. The fourth-order valence-electron chi connectivity index (χ4n) is 2.26. The van der Waals surface area contributed by atoms with Gasteiger partial charge < -0.3 is 10.6 Å². The Balaban J connectivity index is 2.28. The van der Waals surface area contributed by atoms with Crippen LogP contribution in [0.15, 0.2) is 47.4 Å². The Hall–Kier alpha value is -2.71. The second-order valence-corrected chi connectivity index (χ2v) is 8.03. The van der Waals surface area contributed by atoms with Crippen LogP contribution in [0, 0.1) is 6.92 Å². The summed E-state index contributed by atoms with van der Waals surface area (Å²) in [5.74, 6) is -0.647. The first kappa shape index (κ1) is 19.6. The fraction of sp³-hybridized carbons (Fsp3) is 0.222. The molecule has 2 N–H and O–H groups in total. The molecule has 2 aromatic rings. The van der Waals surface area contributed by atoms with Crippen LogP contribution in [0.1, 0.15) is 26.3 Å². The maximum atomic E-state index is 12.6. The van der Waals surface area contributed by atoms with E-state index in [-0.39, 0.29) is 16.4 Å². The number of carbonyl (C=O) groups excluding carboxylic acids is 2. The number of benzene rings is 2. The van der Waals surface area contributed by atoms with Crippen molar-refractivity contribution in [1.82, 2.24) is 9.62 Å². The normalized spacial score (nSPS) is 11.3. The summed E-state index contributed by atoms with van der Waals surface area (Å²) in [5, 5.41) is 5.23. The molecule has 2 rings (SSSR count). The predicted molar refractivity (Wildman–Crippen MR) is 99.8 cm³/mol. The number of hydrogen-bond acceptors (Lipinski definition) is 4. The lowest BCUT2D eigenvalue weighted by atomic mass is 10.1. The first-order chi connectivity index (χ1) is 12.2. The molecule has 0 spiro atoms. The van der Waals surface area contributed by atoms with E-state index in [1.807, 2.05) is 0 Å². The Labute approximate surface area is 153 Å². The molecule has 0 unspecified atom stereocenters. The molecule has 0 heterocycles. The maximum absolute atomic E-state index is 12.6. The molecule has 0 radical (unpaired) electrons. The number of carbonyl (C=O) groups is 2. The Kier molecular flexibility index (Phi) is 5.79. The van der Waals surface area contributed by atoms with E-state index < -0.39 is 15.9 Å². The highest BCUT2D eigenvalue weighted by Gasteiger charge is 2.20. The first-order valence-corrected chi connectivity index (χ1v) is 9.27. The number of anilines is 1. The van der Waals surface area contributed by atoms with Gasteiger partial charge in [-0.2, -0.15) is 0 Å². The molecule has 0 saturated carbocycles. The van der Waals surface area contributed by atoms with Crippen LogP contribution in [-0.4, -0.2) is 45.7 Å². The summed E-state index contributed by atoms with van der Waals surface area (Å²) in [6.07, 6.45) is 0. The van der Waals surface area contributed by atoms with Crippen molar-refractivity contribution in [3.8, 4) is 0 Å². The summed E-state index contributed by atoms with van der Waals surface area (Å²) in [4.78, 5) is 24.1. The van der Waals surface area contributed by atoms with Gasteiger partial charge >= 0.3 is 0 Å². The van der Waals surface area contributed by atoms with Crippen molar-refractivity contribution in [1.29, 1.82) is 0 Å². The standard InChI is InChI=1S/C18H21N3O4S/c1-12-5-10-15(26(24,25)21(3)4)11-16(12)18(23)20-14-8-6-13(7-9-14)17(22)19-2/h5-11H,1-4H3,(H,19,22)(H,20,23). The molecule has 0 aliphatic carbocycles. The number of rotatable bonds is 5. The van der Waals surface area contributed by atoms with Gasteiger partial charge in [0, 0.05) is 38.0 Å². The minimum absolute atomic E-state index is 0.0493. The van der Waals surface area contributed by atoms with Crippen LogP contribution < -0.4 is 10.6 Å². The van der Waals surface area contributed by atoms with E-state index in [9.17, 15) is 18.0 Å². The van der Waals surface area contributed by atoms with E-state index in [0.717, 1.165) is 4.31 Å². The van der Waals surface area contributed by atoms with Gasteiger partial charge in [-0.25, -0.2) is 12.7 Å². The molecule has 2 aromatic carbocycles. The molecule has 0 aliphatic rings. The SMILES string of the molecule is CNC(=O)c1ccc(NC(=O)c2cc(S(=O)(=O)N(C)C)ccc2C)cc1. The minimum Gasteiger partial charge on any atom is -0.355 e. The molecule has 138 valence electrons. The highest BCUT2D eigenvalue weighted by molar-refractivity contribution is 7.89. The number of nitrogens with one attached hydrogen (secondary N) is 2. The van der Waals surface area contributed by atoms with Crippen LogP contribution >= 0.6 is 0 Å². The zero-order valence-electron chi connectivity index (χ0n) is 15.0. The average molecular weight is 375 g/mol. The second-order valence-electron chi connectivity index (χ2n) is 5.87. The van der Waals surface area contributed by atoms with Crippen molar-refractivity contribution >= 4 is 27.5 Å². The van der Waals surface area contributed by atoms with E-state index in [2.05, 4.69) is 10.6 Å². The number of sulfonamides is 1. The van der Waals surface area contributed by atoms with Gasteiger partial charge in [0.2, 0.25) is 10.0 Å². The molecule has 0 atom stereocenters. The Bertz CT molecular complexity index is 935. The molecule has 0 aliphatic heterocycles. The molecule has 0 fully saturated rings. The van der Waals surface area contributed by atoms with Crippen molar-refractivity contribution < 1.29 is 18.0 Å². The van der Waals surface area contributed by atoms with Crippen molar-refractivity contribution in [3.63, 3.8) is 0 Å². The van der Waals surface area contributed by atoms with Gasteiger partial charge in [0.15, 0.2) is 0 Å². The lowest BCUT2D eigenvalue weighted by molar-refractivity contribution is 0.0962. The van der Waals surface area contributed by atoms with E-state index in [1.165, 1.54) is 33.3 Å². The monoisotopic (exact) mass is 375 g/mol. The van der Waals surface area contributed by atoms with Crippen LogP contribution in [0.5, 0.6) is 0 Å². The van der Waals surface area contributed by atoms with Crippen LogP contribution in [-0.2, 0) is 10.0 Å². The molecule has 0 aromatic heterocycles. The molecule has 0 saturated heterocycles. The number of amides is 2. The molecule has 0 bridgehead atoms. The van der Waals surface area contributed by atoms with Gasteiger partial charge in [0.1, 0.15) is 0 Å². The highest BCUT2D eigenvalue weighted by atomic mass is 32.2. The Morgan fingerprint density at radius 2 is 1.58 bits per heavy atom. The smallest absolute Gasteiger partial charge is 0.255 e. The van der Waals surface area contributed by atoms with Gasteiger partial charge in [-0.15, -0.1) is 0 Å². The highest BCUT2D eigenvalue weighted by Crippen LogP contribution is 2.19. The summed E-state index contributed by atoms with van der Waals surface area (Å²) in [6.45, 7) is 1.73. The zero-order valence-corrected chi connectivity index (χ0v) is 15.8. The van der Waals surface area contributed by atoms with Gasteiger partial charge in [0.25, 0.3) is 11.8 Å². The van der Waals surface area contributed by atoms with Crippen LogP contribution in [0.3, 0.4) is 0 Å². The molecule has 7 nitrogen and oxygen atoms in total. The van der Waals surface area contributed by atoms with Gasteiger partial charge in [-0.05, 0) is 48.9 Å². The van der Waals surface area contributed by atoms with Crippen molar-refractivity contribution in [2.24, 2.45) is 0 Å². The van der Waals surface area contributed by atoms with Gasteiger partial charge in [-0.1, -0.05) is 6.07 Å². The number of nitrogens with zero attached hydrogens (tertiary/aromatic N) is 1. The second kappa shape index (κ2) is 7.67. The summed E-state index contributed by atoms with van der Waals surface area (Å²) < 4.78 is 25.6. The molecule has 2 amide bonds. The zero-order chi connectivity index (χ0) is 19.5. The van der Waals surface area contributed by atoms with E-state index in [0.29, 0.717) is 16.8 Å². The Morgan fingerprint density at radius 3 is 2.12 bits per heavy atom. The summed E-state index contributed by atoms with van der Waals surface area (Å²) in [6, 6.07) is 10.8. The van der Waals surface area contributed by atoms with Gasteiger partial charge in [-0.3, -0.25) is 9.59 Å². The van der Waals surface area contributed by atoms with E-state index >= 15 is 0 Å². The van der Waals surface area contributed by atoms with Gasteiger partial charge in [0.05, 0.1) is 4.90 Å². The predicted octanol–water partition coefficient (Wildman–Crippen LogP) is 1.86. The topological polar surface area (TPSA) is 95.6 Å². The van der Waals surface area contributed by atoms with Crippen LogP contribution in [0.25, 0.3) is 0 Å². The van der Waals surface area contributed by atoms with E-state index in [1.54, 1.807) is 37.3 Å². The number of aryl methyl sites for hydroxylation is 1. The Morgan fingerprint density at radius 1 is 0.962 bits per heavy atom. The third-order valence-corrected chi connectivity index (χ3v) is 5.68. The minimum atomic E-state index is -3.63. The van der Waals surface area contributed by atoms with Crippen LogP contribution in [0.2, 0.25) is 0 Å². The lowest BCUT2D eigenvalue weighted by Gasteiger charge is -2.14. The summed E-state index contributed by atoms with van der Waals surface area (Å²) in [7, 11) is 0.773. The summed E-state index contributed by atoms with van der Waals surface area (Å²) in [5.41, 5.74) is 1.90. The van der Waals surface area contributed by atoms with Crippen molar-refractivity contribution in [2.45, 2.75) is 11.8 Å². The molecule has 26 heavy (non-hydrogen) atoms. The lowest BCUT2D eigenvalue weighted by Crippen LogP contribution is -2.23. The maximum Gasteiger partial charge on any atom is 0.255 e. The third-order valence-electron chi connectivity index (χ3n) is 3.86. The van der Waals surface area contributed by atoms with Crippen molar-refractivity contribution in [2.75, 3.05) is 26.5 Å². The van der Waals surface area contributed by atoms with Crippen LogP contribution in [0.4, 0.5) is 5.69 Å². The first-order valence-electron chi connectivity index (χ1n) is 7.83. The average Bonchev–Trinajstić information content (AvgIpc) is 2.61. The quantitative estimate of drug-likeness (QED) is 0.834. The molecular formula is C18H21N3O4S.